The molecule has 1 fully saturated rings. The molecule has 0 radical (unpaired) electrons. The highest BCUT2D eigenvalue weighted by Gasteiger charge is 2.24. The van der Waals surface area contributed by atoms with Crippen molar-refractivity contribution in [3.8, 4) is 0 Å². The fourth-order valence-corrected chi connectivity index (χ4v) is 3.52. The standard InChI is InChI=1S/C19H25ClN6O/c20-16-18(22)25-17(21)15(24-16)19(27)23-14-9-5-11-26(12-14)10-4-8-13-6-2-1-3-7-13/h1-3,6-7,14H,4-5,8-12H2,(H,23,27)(H4,21,22,25). The van der Waals surface area contributed by atoms with Gasteiger partial charge in [-0.1, -0.05) is 41.9 Å². The van der Waals surface area contributed by atoms with Crippen molar-refractivity contribution in [2.75, 3.05) is 31.1 Å². The number of hydrogen-bond acceptors (Lipinski definition) is 6. The molecule has 5 N–H and O–H groups in total. The zero-order valence-corrected chi connectivity index (χ0v) is 16.0. The van der Waals surface area contributed by atoms with Crippen LogP contribution in [0.1, 0.15) is 35.3 Å². The summed E-state index contributed by atoms with van der Waals surface area (Å²) in [7, 11) is 0. The number of piperidine rings is 1. The van der Waals surface area contributed by atoms with Crippen molar-refractivity contribution in [1.29, 1.82) is 0 Å². The number of nitrogen functional groups attached to an aromatic ring is 2. The summed E-state index contributed by atoms with van der Waals surface area (Å²) in [5.41, 5.74) is 12.7. The number of hydrogen-bond donors (Lipinski definition) is 3. The summed E-state index contributed by atoms with van der Waals surface area (Å²) in [6.07, 6.45) is 4.12. The van der Waals surface area contributed by atoms with E-state index in [0.29, 0.717) is 0 Å². The molecule has 1 aromatic heterocycles. The van der Waals surface area contributed by atoms with E-state index >= 15 is 0 Å². The monoisotopic (exact) mass is 388 g/mol. The van der Waals surface area contributed by atoms with Crippen LogP contribution >= 0.6 is 11.6 Å². The maximum atomic E-state index is 12.5. The minimum atomic E-state index is -0.363. The topological polar surface area (TPSA) is 110 Å². The molecule has 1 aliphatic heterocycles. The van der Waals surface area contributed by atoms with Crippen LogP contribution in [0.2, 0.25) is 5.15 Å². The molecule has 1 atom stereocenters. The van der Waals surface area contributed by atoms with Crippen LogP contribution in [-0.2, 0) is 6.42 Å². The average molecular weight is 389 g/mol. The van der Waals surface area contributed by atoms with Crippen LogP contribution in [0.5, 0.6) is 0 Å². The Balaban J connectivity index is 1.50. The molecular formula is C19H25ClN6O. The van der Waals surface area contributed by atoms with Gasteiger partial charge < -0.3 is 21.7 Å². The Bertz CT molecular complexity index is 785. The van der Waals surface area contributed by atoms with Gasteiger partial charge in [0, 0.05) is 12.6 Å². The highest BCUT2D eigenvalue weighted by atomic mass is 35.5. The molecule has 1 aliphatic rings. The molecule has 1 saturated heterocycles. The zero-order chi connectivity index (χ0) is 19.2. The first-order valence-corrected chi connectivity index (χ1v) is 9.56. The molecule has 27 heavy (non-hydrogen) atoms. The molecule has 8 heteroatoms. The number of benzene rings is 1. The van der Waals surface area contributed by atoms with Gasteiger partial charge in [0.2, 0.25) is 0 Å². The average Bonchev–Trinajstić information content (AvgIpc) is 2.66. The Hall–Kier alpha value is -2.38. The number of nitrogens with zero attached hydrogens (tertiary/aromatic N) is 3. The summed E-state index contributed by atoms with van der Waals surface area (Å²) >= 11 is 5.86. The number of amides is 1. The van der Waals surface area contributed by atoms with Gasteiger partial charge in [0.05, 0.1) is 0 Å². The van der Waals surface area contributed by atoms with E-state index < -0.39 is 0 Å². The van der Waals surface area contributed by atoms with E-state index in [1.165, 1.54) is 5.56 Å². The van der Waals surface area contributed by atoms with E-state index in [1.54, 1.807) is 0 Å². The highest BCUT2D eigenvalue weighted by molar-refractivity contribution is 6.31. The minimum Gasteiger partial charge on any atom is -0.382 e. The van der Waals surface area contributed by atoms with E-state index in [0.717, 1.165) is 45.3 Å². The number of nitrogens with two attached hydrogens (primary N) is 2. The number of rotatable bonds is 6. The third-order valence-corrected chi connectivity index (χ3v) is 5.02. The summed E-state index contributed by atoms with van der Waals surface area (Å²) in [6, 6.07) is 10.5. The second-order valence-corrected chi connectivity index (χ2v) is 7.19. The normalized spacial score (nSPS) is 17.6. The van der Waals surface area contributed by atoms with Crippen molar-refractivity contribution >= 4 is 29.1 Å². The third kappa shape index (κ3) is 5.30. The lowest BCUT2D eigenvalue weighted by Crippen LogP contribution is -2.48. The van der Waals surface area contributed by atoms with Gasteiger partial charge in [-0.15, -0.1) is 0 Å². The van der Waals surface area contributed by atoms with Gasteiger partial charge in [0.1, 0.15) is 0 Å². The minimum absolute atomic E-state index is 0.00933. The predicted octanol–water partition coefficient (Wildman–Crippen LogP) is 2.12. The summed E-state index contributed by atoms with van der Waals surface area (Å²) in [5.74, 6) is -0.351. The number of carbonyl (C=O) groups excluding carboxylic acids is 1. The smallest absolute Gasteiger partial charge is 0.274 e. The number of carbonyl (C=O) groups is 1. The zero-order valence-electron chi connectivity index (χ0n) is 15.2. The van der Waals surface area contributed by atoms with E-state index in [9.17, 15) is 4.79 Å². The number of halogens is 1. The predicted molar refractivity (Wildman–Crippen MR) is 108 cm³/mol. The fraction of sp³-hybridized carbons (Fsp3) is 0.421. The molecule has 7 nitrogen and oxygen atoms in total. The highest BCUT2D eigenvalue weighted by Crippen LogP contribution is 2.18. The van der Waals surface area contributed by atoms with Gasteiger partial charge in [0.15, 0.2) is 22.5 Å². The third-order valence-electron chi connectivity index (χ3n) is 4.74. The molecule has 144 valence electrons. The first kappa shape index (κ1) is 19.4. The Labute approximate surface area is 164 Å². The van der Waals surface area contributed by atoms with Gasteiger partial charge >= 0.3 is 0 Å². The van der Waals surface area contributed by atoms with Gasteiger partial charge in [-0.05, 0) is 44.3 Å². The van der Waals surface area contributed by atoms with Crippen molar-refractivity contribution in [3.05, 3.63) is 46.7 Å². The summed E-state index contributed by atoms with van der Waals surface area (Å²) < 4.78 is 0. The lowest BCUT2D eigenvalue weighted by molar-refractivity contribution is 0.0899. The summed E-state index contributed by atoms with van der Waals surface area (Å²) in [5, 5.41) is 2.98. The van der Waals surface area contributed by atoms with Gasteiger partial charge in [-0.3, -0.25) is 4.79 Å². The van der Waals surface area contributed by atoms with Gasteiger partial charge in [-0.2, -0.15) is 0 Å². The van der Waals surface area contributed by atoms with Crippen LogP contribution in [0, 0.1) is 0 Å². The maximum Gasteiger partial charge on any atom is 0.274 e. The Morgan fingerprint density at radius 2 is 2.00 bits per heavy atom. The summed E-state index contributed by atoms with van der Waals surface area (Å²) in [6.45, 7) is 2.88. The SMILES string of the molecule is Nc1nc(N)c(C(=O)NC2CCCN(CCCc3ccccc3)C2)nc1Cl. The molecule has 1 amide bonds. The molecular weight excluding hydrogens is 364 g/mol. The van der Waals surface area contributed by atoms with Crippen molar-refractivity contribution in [2.45, 2.75) is 31.7 Å². The van der Waals surface area contributed by atoms with E-state index in [-0.39, 0.29) is 34.4 Å². The van der Waals surface area contributed by atoms with Crippen LogP contribution < -0.4 is 16.8 Å². The first-order valence-electron chi connectivity index (χ1n) is 9.18. The quantitative estimate of drug-likeness (QED) is 0.699. The number of aromatic nitrogens is 2. The lowest BCUT2D eigenvalue weighted by Gasteiger charge is -2.33. The van der Waals surface area contributed by atoms with Crippen LogP contribution in [0.15, 0.2) is 30.3 Å². The largest absolute Gasteiger partial charge is 0.382 e. The molecule has 0 bridgehead atoms. The van der Waals surface area contributed by atoms with Crippen LogP contribution in [0.25, 0.3) is 0 Å². The number of aryl methyl sites for hydroxylation is 1. The van der Waals surface area contributed by atoms with Crippen LogP contribution in [0.3, 0.4) is 0 Å². The van der Waals surface area contributed by atoms with Crippen molar-refractivity contribution in [1.82, 2.24) is 20.2 Å². The van der Waals surface area contributed by atoms with Crippen LogP contribution in [-0.4, -0.2) is 46.5 Å². The van der Waals surface area contributed by atoms with Gasteiger partial charge in [-0.25, -0.2) is 9.97 Å². The lowest BCUT2D eigenvalue weighted by atomic mass is 10.0. The molecule has 3 rings (SSSR count). The molecule has 1 aromatic carbocycles. The second-order valence-electron chi connectivity index (χ2n) is 6.84. The number of nitrogens with one attached hydrogen (secondary N) is 1. The number of likely N-dealkylation sites (tertiary alicyclic amines) is 1. The molecule has 2 aromatic rings. The second kappa shape index (κ2) is 9.01. The van der Waals surface area contributed by atoms with Crippen LogP contribution in [0.4, 0.5) is 11.6 Å². The van der Waals surface area contributed by atoms with E-state index in [1.807, 2.05) is 6.07 Å². The summed E-state index contributed by atoms with van der Waals surface area (Å²) in [4.78, 5) is 22.7. The van der Waals surface area contributed by atoms with Crippen molar-refractivity contribution < 1.29 is 4.79 Å². The van der Waals surface area contributed by atoms with E-state index in [4.69, 9.17) is 23.1 Å². The number of anilines is 2. The van der Waals surface area contributed by atoms with Gasteiger partial charge in [0.25, 0.3) is 5.91 Å². The molecule has 0 aliphatic carbocycles. The maximum absolute atomic E-state index is 12.5. The molecule has 0 spiro atoms. The van der Waals surface area contributed by atoms with E-state index in [2.05, 4.69) is 44.5 Å². The fourth-order valence-electron chi connectivity index (χ4n) is 3.39. The Morgan fingerprint density at radius 3 is 2.78 bits per heavy atom. The molecule has 0 saturated carbocycles. The first-order chi connectivity index (χ1) is 13.0. The Morgan fingerprint density at radius 1 is 1.22 bits per heavy atom. The van der Waals surface area contributed by atoms with Crippen molar-refractivity contribution in [3.63, 3.8) is 0 Å². The Kier molecular flexibility index (Phi) is 6.47. The molecule has 2 heterocycles. The molecule has 1 unspecified atom stereocenters. The van der Waals surface area contributed by atoms with Crippen molar-refractivity contribution in [2.24, 2.45) is 0 Å².